The molecule has 0 amide bonds. The molecule has 2 rings (SSSR count). The summed E-state index contributed by atoms with van der Waals surface area (Å²) < 4.78 is 4.41. The first kappa shape index (κ1) is 16.0. The molecule has 0 saturated heterocycles. The second kappa shape index (κ2) is 7.04. The molecule has 21 heavy (non-hydrogen) atoms. The lowest BCUT2D eigenvalue weighted by atomic mass is 10.1. The average molecular weight is 341 g/mol. The van der Waals surface area contributed by atoms with Crippen LogP contribution in [0.15, 0.2) is 48.5 Å². The highest BCUT2D eigenvalue weighted by atomic mass is 35.6. The van der Waals surface area contributed by atoms with Gasteiger partial charge in [0.2, 0.25) is 0 Å². The van der Waals surface area contributed by atoms with Gasteiger partial charge in [-0.25, -0.2) is 0 Å². The van der Waals surface area contributed by atoms with Crippen molar-refractivity contribution < 1.29 is 4.74 Å². The highest BCUT2D eigenvalue weighted by molar-refractivity contribution is 6.67. The zero-order valence-corrected chi connectivity index (χ0v) is 13.3. The molecule has 0 atom stereocenters. The summed E-state index contributed by atoms with van der Waals surface area (Å²) in [4.78, 5) is 0. The summed E-state index contributed by atoms with van der Waals surface area (Å²) >= 11 is 17.5. The largest absolute Gasteiger partial charge is 0.489 e. The first-order chi connectivity index (χ1) is 9.99. The van der Waals surface area contributed by atoms with Gasteiger partial charge >= 0.3 is 0 Å². The smallest absolute Gasteiger partial charge is 0.194 e. The summed E-state index contributed by atoms with van der Waals surface area (Å²) in [5.74, 6) is 0.650. The van der Waals surface area contributed by atoms with E-state index in [-0.39, 0.29) is 6.42 Å². The zero-order valence-electron chi connectivity index (χ0n) is 11.0. The van der Waals surface area contributed by atoms with E-state index in [1.165, 1.54) is 0 Å². The molecule has 0 aliphatic carbocycles. The third kappa shape index (κ3) is 4.82. The highest BCUT2D eigenvalue weighted by Gasteiger charge is 2.22. The summed E-state index contributed by atoms with van der Waals surface area (Å²) in [6, 6.07) is 16.8. The van der Waals surface area contributed by atoms with Crippen LogP contribution in [-0.2, 0) is 13.0 Å². The minimum atomic E-state index is -1.37. The first-order valence-corrected chi connectivity index (χ1v) is 7.38. The fourth-order valence-corrected chi connectivity index (χ4v) is 2.35. The number of hydrogen-bond donors (Lipinski definition) is 0. The number of nitriles is 1. The number of halogens is 3. The number of alkyl halides is 3. The Labute approximate surface area is 138 Å². The Morgan fingerprint density at radius 3 is 2.24 bits per heavy atom. The minimum Gasteiger partial charge on any atom is -0.489 e. The number of hydrogen-bond acceptors (Lipinski definition) is 2. The van der Waals surface area contributed by atoms with Crippen LogP contribution in [-0.4, -0.2) is 3.79 Å². The van der Waals surface area contributed by atoms with Crippen molar-refractivity contribution in [1.29, 1.82) is 5.26 Å². The van der Waals surface area contributed by atoms with Gasteiger partial charge in [-0.3, -0.25) is 0 Å². The quantitative estimate of drug-likeness (QED) is 0.730. The molecule has 0 aliphatic heterocycles. The number of nitrogens with zero attached hydrogens (tertiary/aromatic N) is 1. The van der Waals surface area contributed by atoms with Gasteiger partial charge in [0.15, 0.2) is 3.79 Å². The van der Waals surface area contributed by atoms with Crippen molar-refractivity contribution in [3.8, 4) is 11.8 Å². The maximum Gasteiger partial charge on any atom is 0.194 e. The normalized spacial score (nSPS) is 11.0. The van der Waals surface area contributed by atoms with Crippen molar-refractivity contribution in [2.24, 2.45) is 0 Å². The lowest BCUT2D eigenvalue weighted by Gasteiger charge is -2.15. The van der Waals surface area contributed by atoms with Crippen LogP contribution in [0.5, 0.6) is 5.75 Å². The minimum absolute atomic E-state index is 0.258. The van der Waals surface area contributed by atoms with E-state index in [9.17, 15) is 0 Å². The van der Waals surface area contributed by atoms with Crippen LogP contribution >= 0.6 is 34.8 Å². The Kier molecular flexibility index (Phi) is 5.36. The predicted octanol–water partition coefficient (Wildman–Crippen LogP) is 5.05. The first-order valence-electron chi connectivity index (χ1n) is 6.25. The molecule has 0 saturated carbocycles. The van der Waals surface area contributed by atoms with Gasteiger partial charge in [0.25, 0.3) is 0 Å². The molecule has 0 aromatic heterocycles. The summed E-state index contributed by atoms with van der Waals surface area (Å²) in [5.41, 5.74) is 2.23. The fraction of sp³-hybridized carbons (Fsp3) is 0.188. The molecule has 2 aromatic carbocycles. The third-order valence-corrected chi connectivity index (χ3v) is 3.29. The standard InChI is InChI=1S/C16H12Cl3NO/c17-16(18,19)9-12-5-3-4-8-15(12)21-11-14-7-2-1-6-13(14)10-20/h1-8H,9,11H2. The lowest BCUT2D eigenvalue weighted by molar-refractivity contribution is 0.302. The van der Waals surface area contributed by atoms with E-state index in [0.717, 1.165) is 11.1 Å². The number of para-hydroxylation sites is 1. The monoisotopic (exact) mass is 339 g/mol. The van der Waals surface area contributed by atoms with E-state index in [1.807, 2.05) is 42.5 Å². The van der Waals surface area contributed by atoms with Gasteiger partial charge in [-0.1, -0.05) is 71.2 Å². The van der Waals surface area contributed by atoms with Gasteiger partial charge in [-0.15, -0.1) is 0 Å². The fourth-order valence-electron chi connectivity index (χ4n) is 1.92. The summed E-state index contributed by atoms with van der Waals surface area (Å²) in [6.07, 6.45) is 0.258. The average Bonchev–Trinajstić information content (AvgIpc) is 2.45. The van der Waals surface area contributed by atoms with Gasteiger partial charge in [0.05, 0.1) is 11.6 Å². The van der Waals surface area contributed by atoms with Crippen molar-refractivity contribution in [2.75, 3.05) is 0 Å². The third-order valence-electron chi connectivity index (χ3n) is 2.88. The highest BCUT2D eigenvalue weighted by Crippen LogP contribution is 2.33. The summed E-state index contributed by atoms with van der Waals surface area (Å²) in [5, 5.41) is 9.07. The van der Waals surface area contributed by atoms with Crippen LogP contribution in [0.2, 0.25) is 0 Å². The van der Waals surface area contributed by atoms with Crippen LogP contribution in [0.3, 0.4) is 0 Å². The van der Waals surface area contributed by atoms with E-state index in [1.54, 1.807) is 6.07 Å². The van der Waals surface area contributed by atoms with E-state index in [4.69, 9.17) is 44.8 Å². The van der Waals surface area contributed by atoms with Crippen molar-refractivity contribution in [1.82, 2.24) is 0 Å². The number of ether oxygens (including phenoxy) is 1. The maximum absolute atomic E-state index is 9.07. The molecule has 108 valence electrons. The van der Waals surface area contributed by atoms with Crippen molar-refractivity contribution in [3.05, 3.63) is 65.2 Å². The molecule has 0 spiro atoms. The van der Waals surface area contributed by atoms with Gasteiger partial charge < -0.3 is 4.74 Å². The Morgan fingerprint density at radius 2 is 1.57 bits per heavy atom. The molecule has 0 heterocycles. The zero-order chi connectivity index (χ0) is 15.3. The van der Waals surface area contributed by atoms with Crippen LogP contribution in [0.25, 0.3) is 0 Å². The SMILES string of the molecule is N#Cc1ccccc1COc1ccccc1CC(Cl)(Cl)Cl. The second-order valence-electron chi connectivity index (χ2n) is 4.46. The van der Waals surface area contributed by atoms with Crippen LogP contribution in [0.1, 0.15) is 16.7 Å². The molecule has 0 bridgehead atoms. The van der Waals surface area contributed by atoms with Gasteiger partial charge in [0, 0.05) is 12.0 Å². The van der Waals surface area contributed by atoms with Crippen molar-refractivity contribution in [2.45, 2.75) is 16.8 Å². The molecule has 0 unspecified atom stereocenters. The predicted molar refractivity (Wildman–Crippen MR) is 85.9 cm³/mol. The molecular weight excluding hydrogens is 329 g/mol. The Hall–Kier alpha value is -1.40. The van der Waals surface area contributed by atoms with Crippen LogP contribution in [0.4, 0.5) is 0 Å². The number of rotatable bonds is 4. The van der Waals surface area contributed by atoms with Gasteiger partial charge in [0.1, 0.15) is 12.4 Å². The van der Waals surface area contributed by atoms with E-state index in [0.29, 0.717) is 17.9 Å². The number of benzene rings is 2. The maximum atomic E-state index is 9.07. The molecular formula is C16H12Cl3NO. The Morgan fingerprint density at radius 1 is 0.952 bits per heavy atom. The van der Waals surface area contributed by atoms with E-state index in [2.05, 4.69) is 6.07 Å². The Bertz CT molecular complexity index is 659. The van der Waals surface area contributed by atoms with Crippen molar-refractivity contribution >= 4 is 34.8 Å². The molecule has 0 radical (unpaired) electrons. The molecule has 0 fully saturated rings. The van der Waals surface area contributed by atoms with E-state index < -0.39 is 3.79 Å². The second-order valence-corrected chi connectivity index (χ2v) is 6.97. The van der Waals surface area contributed by atoms with Crippen LogP contribution in [0, 0.1) is 11.3 Å². The molecule has 2 nitrogen and oxygen atoms in total. The summed E-state index contributed by atoms with van der Waals surface area (Å²) in [6.45, 7) is 0.292. The molecule has 0 N–H and O–H groups in total. The van der Waals surface area contributed by atoms with Gasteiger partial charge in [-0.2, -0.15) is 5.26 Å². The summed E-state index contributed by atoms with van der Waals surface area (Å²) in [7, 11) is 0. The molecule has 5 heteroatoms. The van der Waals surface area contributed by atoms with E-state index >= 15 is 0 Å². The Balaban J connectivity index is 2.15. The molecule has 0 aliphatic rings. The topological polar surface area (TPSA) is 33.0 Å². The molecule has 2 aromatic rings. The lowest BCUT2D eigenvalue weighted by Crippen LogP contribution is -2.09. The van der Waals surface area contributed by atoms with Crippen LogP contribution < -0.4 is 4.74 Å². The van der Waals surface area contributed by atoms with Gasteiger partial charge in [-0.05, 0) is 17.7 Å². The van der Waals surface area contributed by atoms with Crippen molar-refractivity contribution in [3.63, 3.8) is 0 Å².